The summed E-state index contributed by atoms with van der Waals surface area (Å²) in [5.41, 5.74) is 2.18. The normalized spacial score (nSPS) is 14.2. The molecule has 2 N–H and O–H groups in total. The van der Waals surface area contributed by atoms with Crippen LogP contribution in [0.5, 0.6) is 5.75 Å². The number of alkyl carbamates (subject to hydrolysis) is 1. The lowest BCUT2D eigenvalue weighted by Crippen LogP contribution is -2.51. The second kappa shape index (κ2) is 14.0. The number of pyridine rings is 1. The largest absolute Gasteiger partial charge is 0.494 e. The average molecular weight is 575 g/mol. The van der Waals surface area contributed by atoms with Gasteiger partial charge in [-0.05, 0) is 68.7 Å². The number of hydrogen-bond acceptors (Lipinski definition) is 7. The fraction of sp³-hybridized carbons (Fsp3) is 0.375. The predicted octanol–water partition coefficient (Wildman–Crippen LogP) is 4.54. The van der Waals surface area contributed by atoms with Crippen molar-refractivity contribution in [2.75, 3.05) is 45.9 Å². The van der Waals surface area contributed by atoms with E-state index in [9.17, 15) is 19.5 Å². The van der Waals surface area contributed by atoms with Crippen LogP contribution < -0.4 is 10.1 Å². The summed E-state index contributed by atoms with van der Waals surface area (Å²) in [5, 5.41) is 12.6. The molecule has 0 spiro atoms. The maximum Gasteiger partial charge on any atom is 0.408 e. The van der Waals surface area contributed by atoms with Gasteiger partial charge >= 0.3 is 12.1 Å². The van der Waals surface area contributed by atoms with Crippen LogP contribution in [0.25, 0.3) is 23.1 Å². The van der Waals surface area contributed by atoms with Crippen LogP contribution in [0.2, 0.25) is 0 Å². The highest BCUT2D eigenvalue weighted by Gasteiger charge is 2.22. The summed E-state index contributed by atoms with van der Waals surface area (Å²) < 4.78 is 11.1. The highest BCUT2D eigenvalue weighted by atomic mass is 16.6. The van der Waals surface area contributed by atoms with Crippen molar-refractivity contribution in [1.82, 2.24) is 20.1 Å². The predicted molar refractivity (Wildman–Crippen MR) is 161 cm³/mol. The number of carboxylic acid groups (broad SMARTS) is 1. The second-order valence-corrected chi connectivity index (χ2v) is 11.1. The minimum Gasteiger partial charge on any atom is -0.494 e. The first-order valence-corrected chi connectivity index (χ1v) is 14.1. The zero-order valence-corrected chi connectivity index (χ0v) is 24.3. The lowest BCUT2D eigenvalue weighted by molar-refractivity contribution is -0.132. The molecule has 0 bridgehead atoms. The number of nitrogens with one attached hydrogen (secondary N) is 1. The van der Waals surface area contributed by atoms with Crippen molar-refractivity contribution in [1.29, 1.82) is 0 Å². The van der Waals surface area contributed by atoms with E-state index in [1.165, 1.54) is 12.3 Å². The van der Waals surface area contributed by atoms with Gasteiger partial charge in [-0.1, -0.05) is 30.4 Å². The molecule has 0 unspecified atom stereocenters. The van der Waals surface area contributed by atoms with Crippen molar-refractivity contribution >= 4 is 41.0 Å². The van der Waals surface area contributed by atoms with Gasteiger partial charge in [0.1, 0.15) is 17.9 Å². The summed E-state index contributed by atoms with van der Waals surface area (Å²) in [5.74, 6) is -0.285. The third-order valence-corrected chi connectivity index (χ3v) is 6.74. The van der Waals surface area contributed by atoms with Gasteiger partial charge in [-0.3, -0.25) is 14.7 Å². The smallest absolute Gasteiger partial charge is 0.408 e. The van der Waals surface area contributed by atoms with Crippen LogP contribution in [-0.4, -0.2) is 89.3 Å². The highest BCUT2D eigenvalue weighted by Crippen LogP contribution is 2.21. The van der Waals surface area contributed by atoms with Crippen LogP contribution in [0.15, 0.2) is 54.7 Å². The number of rotatable bonds is 10. The van der Waals surface area contributed by atoms with Crippen molar-refractivity contribution in [3.05, 3.63) is 71.4 Å². The van der Waals surface area contributed by atoms with Crippen molar-refractivity contribution in [3.8, 4) is 5.75 Å². The Labute approximate surface area is 245 Å². The van der Waals surface area contributed by atoms with Crippen LogP contribution in [0.1, 0.15) is 48.7 Å². The van der Waals surface area contributed by atoms with Gasteiger partial charge in [-0.2, -0.15) is 0 Å². The quantitative estimate of drug-likeness (QED) is 0.267. The van der Waals surface area contributed by atoms with Gasteiger partial charge in [0.25, 0.3) is 0 Å². The minimum absolute atomic E-state index is 0.0634. The Hall–Kier alpha value is -4.44. The summed E-state index contributed by atoms with van der Waals surface area (Å²) in [6.07, 6.45) is 5.70. The molecule has 1 aromatic heterocycles. The van der Waals surface area contributed by atoms with Crippen molar-refractivity contribution in [2.45, 2.75) is 32.8 Å². The fourth-order valence-electron chi connectivity index (χ4n) is 4.59. The van der Waals surface area contributed by atoms with Crippen LogP contribution >= 0.6 is 0 Å². The van der Waals surface area contributed by atoms with E-state index in [4.69, 9.17) is 9.47 Å². The highest BCUT2D eigenvalue weighted by molar-refractivity contribution is 6.03. The zero-order valence-electron chi connectivity index (χ0n) is 24.3. The van der Waals surface area contributed by atoms with Gasteiger partial charge in [-0.15, -0.1) is 0 Å². The van der Waals surface area contributed by atoms with Gasteiger partial charge < -0.3 is 24.8 Å². The molecule has 0 radical (unpaired) electrons. The third-order valence-electron chi connectivity index (χ3n) is 6.74. The van der Waals surface area contributed by atoms with Crippen molar-refractivity contribution in [3.63, 3.8) is 0 Å². The lowest BCUT2D eigenvalue weighted by Gasteiger charge is -2.34. The Morgan fingerprint density at radius 2 is 1.67 bits per heavy atom. The number of carboxylic acids is 1. The molecule has 2 heterocycles. The Balaban J connectivity index is 1.15. The number of amides is 2. The molecule has 1 saturated heterocycles. The van der Waals surface area contributed by atoms with Crippen LogP contribution in [-0.2, 0) is 9.53 Å². The molecule has 0 aliphatic carbocycles. The average Bonchev–Trinajstić information content (AvgIpc) is 2.96. The lowest BCUT2D eigenvalue weighted by atomic mass is 10.0. The number of ether oxygens (including phenoxy) is 2. The topological polar surface area (TPSA) is 121 Å². The first-order chi connectivity index (χ1) is 20.1. The number of hydrogen-bond donors (Lipinski definition) is 2. The van der Waals surface area contributed by atoms with Crippen LogP contribution in [0.4, 0.5) is 4.79 Å². The zero-order chi connectivity index (χ0) is 30.1. The van der Waals surface area contributed by atoms with Gasteiger partial charge in [0.2, 0.25) is 5.91 Å². The van der Waals surface area contributed by atoms with Gasteiger partial charge in [0.15, 0.2) is 0 Å². The van der Waals surface area contributed by atoms with E-state index in [2.05, 4.69) is 15.2 Å². The monoisotopic (exact) mass is 574 g/mol. The number of aromatic nitrogens is 1. The Kier molecular flexibility index (Phi) is 10.1. The molecule has 1 fully saturated rings. The molecular formula is C32H38N4O6. The van der Waals surface area contributed by atoms with Crippen molar-refractivity contribution in [2.24, 2.45) is 0 Å². The molecule has 0 atom stereocenters. The molecule has 3 aromatic rings. The Morgan fingerprint density at radius 1 is 0.976 bits per heavy atom. The van der Waals surface area contributed by atoms with E-state index in [0.717, 1.165) is 42.9 Å². The van der Waals surface area contributed by atoms with E-state index in [1.807, 2.05) is 54.6 Å². The Bertz CT molecular complexity index is 1420. The summed E-state index contributed by atoms with van der Waals surface area (Å²) in [6.45, 7) is 9.56. The van der Waals surface area contributed by atoms with Crippen LogP contribution in [0.3, 0.4) is 0 Å². The van der Waals surface area contributed by atoms with Crippen LogP contribution in [0, 0.1) is 0 Å². The number of piperazine rings is 1. The summed E-state index contributed by atoms with van der Waals surface area (Å²) >= 11 is 0. The van der Waals surface area contributed by atoms with E-state index in [-0.39, 0.29) is 18.0 Å². The van der Waals surface area contributed by atoms with E-state index < -0.39 is 17.7 Å². The van der Waals surface area contributed by atoms with E-state index >= 15 is 0 Å². The second-order valence-electron chi connectivity index (χ2n) is 11.1. The number of carbonyl (C=O) groups excluding carboxylic acids is 2. The van der Waals surface area contributed by atoms with Gasteiger partial charge in [0.05, 0.1) is 17.7 Å². The molecule has 222 valence electrons. The first kappa shape index (κ1) is 30.5. The van der Waals surface area contributed by atoms with Gasteiger partial charge in [0, 0.05) is 44.3 Å². The number of benzene rings is 2. The number of fused-ring (bicyclic) bond motifs is 1. The Morgan fingerprint density at radius 3 is 2.36 bits per heavy atom. The SMILES string of the molecule is CC(C)(C)OC(=O)NCC(=O)N1CCN(CCCOc2ccc(/C=C/c3ccc4nccc(C(=O)O)c4c3)cc2)CC1. The van der Waals surface area contributed by atoms with E-state index in [1.54, 1.807) is 25.7 Å². The molecule has 42 heavy (non-hydrogen) atoms. The summed E-state index contributed by atoms with van der Waals surface area (Å²) in [6, 6.07) is 14.9. The summed E-state index contributed by atoms with van der Waals surface area (Å²) in [7, 11) is 0. The molecule has 1 aliphatic heterocycles. The molecule has 1 aliphatic rings. The molecule has 2 aromatic carbocycles. The number of aromatic carboxylic acids is 1. The summed E-state index contributed by atoms with van der Waals surface area (Å²) in [4.78, 5) is 44.0. The standard InChI is InChI=1S/C32H38N4O6/c1-32(2,3)42-31(40)34-22-29(37)36-18-16-35(17-19-36)15-4-20-41-25-10-7-23(8-11-25)5-6-24-9-12-28-27(21-24)26(30(38)39)13-14-33-28/h5-14,21H,4,15-20,22H2,1-3H3,(H,34,40)(H,38,39)/b6-5+. The third kappa shape index (κ3) is 9.04. The maximum atomic E-state index is 12.4. The molecule has 0 saturated carbocycles. The fourth-order valence-corrected chi connectivity index (χ4v) is 4.59. The molecule has 10 nitrogen and oxygen atoms in total. The first-order valence-electron chi connectivity index (χ1n) is 14.1. The molecular weight excluding hydrogens is 536 g/mol. The number of carbonyl (C=O) groups is 3. The van der Waals surface area contributed by atoms with Gasteiger partial charge in [-0.25, -0.2) is 9.59 Å². The molecule has 10 heteroatoms. The molecule has 2 amide bonds. The maximum absolute atomic E-state index is 12.4. The van der Waals surface area contributed by atoms with E-state index in [0.29, 0.717) is 30.6 Å². The molecule has 4 rings (SSSR count). The van der Waals surface area contributed by atoms with Crippen molar-refractivity contribution < 1.29 is 29.0 Å². The minimum atomic E-state index is -0.972. The number of nitrogens with zero attached hydrogens (tertiary/aromatic N) is 3.